The minimum absolute atomic E-state index is 0.00441. The summed E-state index contributed by atoms with van der Waals surface area (Å²) in [6.45, 7) is 0. The van der Waals surface area contributed by atoms with E-state index in [0.717, 1.165) is 43.8 Å². The molecule has 0 spiro atoms. The molecule has 222 valence electrons. The summed E-state index contributed by atoms with van der Waals surface area (Å²) in [6.07, 6.45) is 0. The summed E-state index contributed by atoms with van der Waals surface area (Å²) in [5.41, 5.74) is 4.88. The van der Waals surface area contributed by atoms with Crippen LogP contribution in [-0.4, -0.2) is 15.0 Å². The first-order valence-electron chi connectivity index (χ1n) is 15.5. The zero-order chi connectivity index (χ0) is 31.5. The van der Waals surface area contributed by atoms with Crippen LogP contribution >= 0.6 is 0 Å². The van der Waals surface area contributed by atoms with E-state index in [9.17, 15) is 0 Å². The lowest BCUT2D eigenvalue weighted by molar-refractivity contribution is 0.0481. The molecule has 0 radical (unpaired) electrons. The second kappa shape index (κ2) is 10.5. The minimum atomic E-state index is -3.21. The van der Waals surface area contributed by atoms with E-state index in [2.05, 4.69) is 30.3 Å². The van der Waals surface area contributed by atoms with E-state index in [-0.39, 0.29) is 11.1 Å². The van der Waals surface area contributed by atoms with Gasteiger partial charge in [0.05, 0.1) is 0 Å². The summed E-state index contributed by atoms with van der Waals surface area (Å²) in [4.78, 5) is 14.3. The molecule has 0 saturated carbocycles. The minimum Gasteiger partial charge on any atom is -0.208 e. The van der Waals surface area contributed by atoms with Gasteiger partial charge in [-0.05, 0) is 62.0 Å². The number of aromatic nitrogens is 3. The molecule has 1 heterocycles. The SMILES string of the molecule is FC1(F)c2cc(-c3nc(-c4ccccc4)nc(-c4ccccc4)n3)ccc2-c2ccc(-c3c4ccccc4cc4ccccc34)cc21. The highest BCUT2D eigenvalue weighted by molar-refractivity contribution is 6.13. The van der Waals surface area contributed by atoms with Crippen molar-refractivity contribution < 1.29 is 8.78 Å². The third-order valence-electron chi connectivity index (χ3n) is 9.02. The third-order valence-corrected chi connectivity index (χ3v) is 9.02. The normalized spacial score (nSPS) is 13.1. The fourth-order valence-electron chi connectivity index (χ4n) is 6.78. The average Bonchev–Trinajstić information content (AvgIpc) is 3.36. The van der Waals surface area contributed by atoms with Gasteiger partial charge < -0.3 is 0 Å². The van der Waals surface area contributed by atoms with Crippen LogP contribution in [0, 0.1) is 0 Å². The number of halogens is 2. The first-order chi connectivity index (χ1) is 23.0. The number of alkyl halides is 2. The fourth-order valence-corrected chi connectivity index (χ4v) is 6.78. The Bertz CT molecular complexity index is 2380. The van der Waals surface area contributed by atoms with Crippen LogP contribution in [0.25, 0.3) is 78.0 Å². The van der Waals surface area contributed by atoms with Gasteiger partial charge in [0.2, 0.25) is 0 Å². The molecule has 0 unspecified atom stereocenters. The van der Waals surface area contributed by atoms with E-state index in [4.69, 9.17) is 15.0 Å². The Balaban J connectivity index is 1.19. The third kappa shape index (κ3) is 4.43. The molecule has 8 aromatic rings. The summed E-state index contributed by atoms with van der Waals surface area (Å²) in [6, 6.07) is 48.3. The Morgan fingerprint density at radius 2 is 0.809 bits per heavy atom. The molecule has 5 heteroatoms. The highest BCUT2D eigenvalue weighted by Gasteiger charge is 2.45. The Hall–Kier alpha value is -6.07. The summed E-state index contributed by atoms with van der Waals surface area (Å²) < 4.78 is 33.2. The first-order valence-corrected chi connectivity index (χ1v) is 15.5. The van der Waals surface area contributed by atoms with Crippen LogP contribution in [0.4, 0.5) is 8.78 Å². The van der Waals surface area contributed by atoms with Crippen LogP contribution < -0.4 is 0 Å². The lowest BCUT2D eigenvalue weighted by Gasteiger charge is -2.16. The highest BCUT2D eigenvalue weighted by atomic mass is 19.3. The van der Waals surface area contributed by atoms with Gasteiger partial charge in [0.1, 0.15) is 0 Å². The summed E-state index contributed by atoms with van der Waals surface area (Å²) in [7, 11) is 0. The van der Waals surface area contributed by atoms with Crippen molar-refractivity contribution in [2.75, 3.05) is 0 Å². The second-order valence-electron chi connectivity index (χ2n) is 11.8. The molecule has 7 aromatic carbocycles. The van der Waals surface area contributed by atoms with Gasteiger partial charge >= 0.3 is 0 Å². The zero-order valence-electron chi connectivity index (χ0n) is 25.0. The second-order valence-corrected chi connectivity index (χ2v) is 11.8. The van der Waals surface area contributed by atoms with E-state index in [1.165, 1.54) is 0 Å². The van der Waals surface area contributed by atoms with Gasteiger partial charge in [-0.25, -0.2) is 15.0 Å². The predicted octanol–water partition coefficient (Wildman–Crippen LogP) is 11.0. The lowest BCUT2D eigenvalue weighted by atomic mass is 9.90. The molecule has 1 aliphatic carbocycles. The number of benzene rings is 7. The molecule has 47 heavy (non-hydrogen) atoms. The molecule has 0 saturated heterocycles. The van der Waals surface area contributed by atoms with Crippen molar-refractivity contribution in [1.82, 2.24) is 15.0 Å². The summed E-state index contributed by atoms with van der Waals surface area (Å²) >= 11 is 0. The molecule has 1 aromatic heterocycles. The Labute approximate surface area is 269 Å². The van der Waals surface area contributed by atoms with E-state index >= 15 is 8.78 Å². The largest absolute Gasteiger partial charge is 0.299 e. The van der Waals surface area contributed by atoms with Gasteiger partial charge in [-0.3, -0.25) is 0 Å². The summed E-state index contributed by atoms with van der Waals surface area (Å²) in [5, 5.41) is 4.21. The molecule has 0 amide bonds. The van der Waals surface area contributed by atoms with Crippen LogP contribution in [0.1, 0.15) is 11.1 Å². The molecule has 0 bridgehead atoms. The zero-order valence-corrected chi connectivity index (χ0v) is 25.0. The molecular formula is C42H25F2N3. The predicted molar refractivity (Wildman–Crippen MR) is 185 cm³/mol. The molecular weight excluding hydrogens is 584 g/mol. The number of rotatable bonds is 4. The number of hydrogen-bond donors (Lipinski definition) is 0. The van der Waals surface area contributed by atoms with E-state index < -0.39 is 5.92 Å². The Kier molecular flexibility index (Phi) is 6.09. The van der Waals surface area contributed by atoms with Crippen LogP contribution in [0.5, 0.6) is 0 Å². The van der Waals surface area contributed by atoms with Crippen molar-refractivity contribution in [2.45, 2.75) is 5.92 Å². The molecule has 0 fully saturated rings. The van der Waals surface area contributed by atoms with Crippen molar-refractivity contribution in [3.63, 3.8) is 0 Å². The molecule has 0 aliphatic heterocycles. The van der Waals surface area contributed by atoms with Crippen LogP contribution in [-0.2, 0) is 5.92 Å². The maximum Gasteiger partial charge on any atom is 0.299 e. The first kappa shape index (κ1) is 27.3. The van der Waals surface area contributed by atoms with Crippen molar-refractivity contribution in [1.29, 1.82) is 0 Å². The van der Waals surface area contributed by atoms with Gasteiger partial charge in [0.15, 0.2) is 17.5 Å². The number of nitrogens with zero attached hydrogens (tertiary/aromatic N) is 3. The topological polar surface area (TPSA) is 38.7 Å². The quantitative estimate of drug-likeness (QED) is 0.186. The van der Waals surface area contributed by atoms with Crippen LogP contribution in [0.2, 0.25) is 0 Å². The van der Waals surface area contributed by atoms with E-state index in [0.29, 0.717) is 34.2 Å². The summed E-state index contributed by atoms with van der Waals surface area (Å²) in [5.74, 6) is -1.90. The Morgan fingerprint density at radius 1 is 0.383 bits per heavy atom. The fraction of sp³-hybridized carbons (Fsp3) is 0.0238. The maximum absolute atomic E-state index is 16.6. The van der Waals surface area contributed by atoms with Crippen molar-refractivity contribution >= 4 is 21.5 Å². The lowest BCUT2D eigenvalue weighted by Crippen LogP contribution is -2.11. The van der Waals surface area contributed by atoms with Crippen LogP contribution in [0.3, 0.4) is 0 Å². The number of fused-ring (bicyclic) bond motifs is 5. The molecule has 9 rings (SSSR count). The van der Waals surface area contributed by atoms with Crippen molar-refractivity contribution in [2.24, 2.45) is 0 Å². The van der Waals surface area contributed by atoms with E-state index in [1.807, 2.05) is 103 Å². The average molecular weight is 610 g/mol. The Morgan fingerprint density at radius 3 is 1.34 bits per heavy atom. The van der Waals surface area contributed by atoms with Gasteiger partial charge in [-0.1, -0.05) is 133 Å². The molecule has 0 atom stereocenters. The maximum atomic E-state index is 16.6. The molecule has 3 nitrogen and oxygen atoms in total. The van der Waals surface area contributed by atoms with E-state index in [1.54, 1.807) is 18.2 Å². The van der Waals surface area contributed by atoms with Crippen molar-refractivity contribution in [3.8, 4) is 56.4 Å². The molecule has 1 aliphatic rings. The highest BCUT2D eigenvalue weighted by Crippen LogP contribution is 2.53. The van der Waals surface area contributed by atoms with Gasteiger partial charge in [0.25, 0.3) is 5.92 Å². The number of hydrogen-bond acceptors (Lipinski definition) is 3. The monoisotopic (exact) mass is 609 g/mol. The van der Waals surface area contributed by atoms with Crippen LogP contribution in [0.15, 0.2) is 152 Å². The van der Waals surface area contributed by atoms with Gasteiger partial charge in [-0.2, -0.15) is 8.78 Å². The van der Waals surface area contributed by atoms with Crippen molar-refractivity contribution in [3.05, 3.63) is 163 Å². The van der Waals surface area contributed by atoms with Gasteiger partial charge in [-0.15, -0.1) is 0 Å². The standard InChI is InChI=1S/C42H25F2N3/c43-42(44)36-24-30(38-32-17-9-7-15-28(32)23-29-16-8-10-18-33(29)38)19-21-34(36)35-22-20-31(25-37(35)42)41-46-39(26-11-3-1-4-12-26)45-40(47-41)27-13-5-2-6-14-27/h1-25H. The smallest absolute Gasteiger partial charge is 0.208 e. The molecule has 0 N–H and O–H groups in total. The van der Waals surface area contributed by atoms with Gasteiger partial charge in [0, 0.05) is 27.8 Å².